The second-order valence-electron chi connectivity index (χ2n) is 3.31. The molecule has 1 atom stereocenters. The molecule has 0 heterocycles. The van der Waals surface area contributed by atoms with Crippen LogP contribution in [0.15, 0.2) is 23.0 Å². The molecule has 0 aromatic rings. The van der Waals surface area contributed by atoms with Gasteiger partial charge in [-0.1, -0.05) is 6.08 Å². The summed E-state index contributed by atoms with van der Waals surface area (Å²) in [5.74, 6) is -0.722. The van der Waals surface area contributed by atoms with Crippen molar-refractivity contribution in [1.29, 1.82) is 5.26 Å². The van der Waals surface area contributed by atoms with Gasteiger partial charge in [-0.25, -0.2) is 4.79 Å². The van der Waals surface area contributed by atoms with Crippen molar-refractivity contribution < 1.29 is 19.4 Å². The van der Waals surface area contributed by atoms with Crippen LogP contribution in [0.5, 0.6) is 0 Å². The van der Waals surface area contributed by atoms with Gasteiger partial charge in [-0.2, -0.15) is 5.26 Å². The summed E-state index contributed by atoms with van der Waals surface area (Å²) in [6.07, 6.45) is 1.84. The molecule has 0 aliphatic heterocycles. The predicted octanol–water partition coefficient (Wildman–Crippen LogP) is 1.23. The molecule has 0 aromatic heterocycles. The lowest BCUT2D eigenvalue weighted by molar-refractivity contribution is -0.132. The molecule has 5 nitrogen and oxygen atoms in total. The van der Waals surface area contributed by atoms with E-state index in [2.05, 4.69) is 0 Å². The number of nitriles is 1. The van der Waals surface area contributed by atoms with E-state index in [0.29, 0.717) is 17.8 Å². The van der Waals surface area contributed by atoms with Crippen molar-refractivity contribution in [2.75, 3.05) is 14.2 Å². The van der Waals surface area contributed by atoms with Gasteiger partial charge in [0.2, 0.25) is 0 Å². The lowest BCUT2D eigenvalue weighted by Gasteiger charge is -2.22. The SMILES string of the molecule is COC1=C(C(=O)O)C(CC#N)=CC(OC)C1. The lowest BCUT2D eigenvalue weighted by Crippen LogP contribution is -2.20. The third-order valence-electron chi connectivity index (χ3n) is 2.41. The summed E-state index contributed by atoms with van der Waals surface area (Å²) < 4.78 is 10.2. The lowest BCUT2D eigenvalue weighted by atomic mass is 9.92. The summed E-state index contributed by atoms with van der Waals surface area (Å²) >= 11 is 0. The number of hydrogen-bond donors (Lipinski definition) is 1. The van der Waals surface area contributed by atoms with Gasteiger partial charge >= 0.3 is 5.97 Å². The number of carbonyl (C=O) groups is 1. The molecule has 0 fully saturated rings. The van der Waals surface area contributed by atoms with Crippen LogP contribution in [0.4, 0.5) is 0 Å². The number of ether oxygens (including phenoxy) is 2. The first-order chi connectivity index (χ1) is 7.63. The van der Waals surface area contributed by atoms with E-state index in [4.69, 9.17) is 19.8 Å². The number of rotatable bonds is 4. The summed E-state index contributed by atoms with van der Waals surface area (Å²) in [5, 5.41) is 17.7. The smallest absolute Gasteiger partial charge is 0.339 e. The Morgan fingerprint density at radius 1 is 1.69 bits per heavy atom. The maximum Gasteiger partial charge on any atom is 0.339 e. The van der Waals surface area contributed by atoms with E-state index >= 15 is 0 Å². The molecular weight excluding hydrogens is 210 g/mol. The van der Waals surface area contributed by atoms with Crippen LogP contribution in [0.25, 0.3) is 0 Å². The van der Waals surface area contributed by atoms with Gasteiger partial charge in [-0.15, -0.1) is 0 Å². The monoisotopic (exact) mass is 223 g/mol. The van der Waals surface area contributed by atoms with E-state index < -0.39 is 5.97 Å². The van der Waals surface area contributed by atoms with Gasteiger partial charge in [-0.3, -0.25) is 0 Å². The number of hydrogen-bond acceptors (Lipinski definition) is 4. The molecule has 0 saturated carbocycles. The molecule has 0 aromatic carbocycles. The Kier molecular flexibility index (Phi) is 4.09. The zero-order valence-corrected chi connectivity index (χ0v) is 9.19. The van der Waals surface area contributed by atoms with Gasteiger partial charge in [0.25, 0.3) is 0 Å². The van der Waals surface area contributed by atoms with Gasteiger partial charge in [0, 0.05) is 13.5 Å². The fraction of sp³-hybridized carbons (Fsp3) is 0.455. The number of carboxylic acid groups (broad SMARTS) is 1. The average molecular weight is 223 g/mol. The molecular formula is C11H13NO4. The van der Waals surface area contributed by atoms with Crippen LogP contribution in [0.2, 0.25) is 0 Å². The number of aliphatic carboxylic acids is 1. The number of nitrogens with zero attached hydrogens (tertiary/aromatic N) is 1. The molecule has 0 bridgehead atoms. The predicted molar refractivity (Wildman–Crippen MR) is 55.4 cm³/mol. The van der Waals surface area contributed by atoms with E-state index in [1.54, 1.807) is 6.08 Å². The zero-order valence-electron chi connectivity index (χ0n) is 9.19. The highest BCUT2D eigenvalue weighted by molar-refractivity contribution is 5.93. The number of carboxylic acids is 1. The van der Waals surface area contributed by atoms with Gasteiger partial charge in [0.05, 0.1) is 25.7 Å². The molecule has 0 amide bonds. The highest BCUT2D eigenvalue weighted by Gasteiger charge is 2.27. The molecule has 5 heteroatoms. The highest BCUT2D eigenvalue weighted by atomic mass is 16.5. The molecule has 1 N–H and O–H groups in total. The minimum absolute atomic E-state index is 0.0361. The molecule has 1 aliphatic carbocycles. The van der Waals surface area contributed by atoms with Crippen LogP contribution < -0.4 is 0 Å². The molecule has 0 saturated heterocycles. The van der Waals surface area contributed by atoms with Crippen molar-refractivity contribution in [3.8, 4) is 6.07 Å². The second kappa shape index (κ2) is 5.33. The zero-order chi connectivity index (χ0) is 12.1. The molecule has 0 radical (unpaired) electrons. The maximum absolute atomic E-state index is 11.1. The van der Waals surface area contributed by atoms with E-state index in [1.165, 1.54) is 14.2 Å². The highest BCUT2D eigenvalue weighted by Crippen LogP contribution is 2.29. The van der Waals surface area contributed by atoms with Crippen LogP contribution in [0.1, 0.15) is 12.8 Å². The van der Waals surface area contributed by atoms with E-state index in [1.807, 2.05) is 6.07 Å². The van der Waals surface area contributed by atoms with Crippen molar-refractivity contribution in [1.82, 2.24) is 0 Å². The van der Waals surface area contributed by atoms with Crippen molar-refractivity contribution in [3.63, 3.8) is 0 Å². The van der Waals surface area contributed by atoms with E-state index in [0.717, 1.165) is 0 Å². The Morgan fingerprint density at radius 3 is 2.81 bits per heavy atom. The molecule has 1 aliphatic rings. The Hall–Kier alpha value is -1.80. The summed E-state index contributed by atoms with van der Waals surface area (Å²) in [6, 6.07) is 1.93. The molecule has 1 unspecified atom stereocenters. The van der Waals surface area contributed by atoms with Crippen molar-refractivity contribution in [2.45, 2.75) is 18.9 Å². The quantitative estimate of drug-likeness (QED) is 0.775. The fourth-order valence-electron chi connectivity index (χ4n) is 1.66. The Labute approximate surface area is 93.6 Å². The van der Waals surface area contributed by atoms with Crippen molar-refractivity contribution >= 4 is 5.97 Å². The van der Waals surface area contributed by atoms with Gasteiger partial charge in [0.15, 0.2) is 0 Å². The van der Waals surface area contributed by atoms with E-state index in [9.17, 15) is 4.79 Å². The largest absolute Gasteiger partial charge is 0.500 e. The van der Waals surface area contributed by atoms with Gasteiger partial charge < -0.3 is 14.6 Å². The first-order valence-electron chi connectivity index (χ1n) is 4.75. The van der Waals surface area contributed by atoms with Crippen molar-refractivity contribution in [3.05, 3.63) is 23.0 Å². The molecule has 86 valence electrons. The van der Waals surface area contributed by atoms with Gasteiger partial charge in [-0.05, 0) is 5.57 Å². The third-order valence-corrected chi connectivity index (χ3v) is 2.41. The van der Waals surface area contributed by atoms with Crippen LogP contribution in [0, 0.1) is 11.3 Å². The Balaban J connectivity index is 3.15. The van der Waals surface area contributed by atoms with Crippen LogP contribution in [0.3, 0.4) is 0 Å². The van der Waals surface area contributed by atoms with Crippen molar-refractivity contribution in [2.24, 2.45) is 0 Å². The van der Waals surface area contributed by atoms with Gasteiger partial charge in [0.1, 0.15) is 11.3 Å². The molecule has 0 spiro atoms. The topological polar surface area (TPSA) is 79.5 Å². The van der Waals surface area contributed by atoms with Crippen LogP contribution in [-0.4, -0.2) is 31.4 Å². The Morgan fingerprint density at radius 2 is 2.38 bits per heavy atom. The minimum atomic E-state index is -1.08. The second-order valence-corrected chi connectivity index (χ2v) is 3.31. The third kappa shape index (κ3) is 2.41. The first kappa shape index (κ1) is 12.3. The van der Waals surface area contributed by atoms with E-state index in [-0.39, 0.29) is 18.1 Å². The maximum atomic E-state index is 11.1. The molecule has 16 heavy (non-hydrogen) atoms. The molecule has 1 rings (SSSR count). The average Bonchev–Trinajstić information content (AvgIpc) is 2.27. The first-order valence-corrected chi connectivity index (χ1v) is 4.75. The Bertz CT molecular complexity index is 389. The summed E-state index contributed by atoms with van der Waals surface area (Å²) in [6.45, 7) is 0. The summed E-state index contributed by atoms with van der Waals surface area (Å²) in [7, 11) is 2.95. The normalized spacial score (nSPS) is 20.1. The summed E-state index contributed by atoms with van der Waals surface area (Å²) in [4.78, 5) is 11.1. The standard InChI is InChI=1S/C11H13NO4/c1-15-8-5-7(3-4-12)10(11(13)14)9(6-8)16-2/h5,8H,3,6H2,1-2H3,(H,13,14). The summed E-state index contributed by atoms with van der Waals surface area (Å²) in [5.41, 5.74) is 0.530. The fourth-order valence-corrected chi connectivity index (χ4v) is 1.66. The number of methoxy groups -OCH3 is 2. The van der Waals surface area contributed by atoms with Crippen LogP contribution in [-0.2, 0) is 14.3 Å². The van der Waals surface area contributed by atoms with Crippen LogP contribution >= 0.6 is 0 Å². The minimum Gasteiger partial charge on any atom is -0.500 e.